The maximum atomic E-state index is 5.95. The Hall–Kier alpha value is -3.06. The van der Waals surface area contributed by atoms with E-state index in [1.54, 1.807) is 24.1 Å². The van der Waals surface area contributed by atoms with Crippen molar-refractivity contribution in [2.75, 3.05) is 12.5 Å². The van der Waals surface area contributed by atoms with Crippen molar-refractivity contribution in [3.63, 3.8) is 0 Å². The predicted octanol–water partition coefficient (Wildman–Crippen LogP) is 2.36. The first-order valence-corrected chi connectivity index (χ1v) is 7.42. The van der Waals surface area contributed by atoms with Gasteiger partial charge in [0.25, 0.3) is 0 Å². The van der Waals surface area contributed by atoms with Crippen LogP contribution in [0.3, 0.4) is 0 Å². The van der Waals surface area contributed by atoms with Crippen LogP contribution in [0.15, 0.2) is 48.8 Å². The Morgan fingerprint density at radius 3 is 2.62 bits per heavy atom. The SMILES string of the molecule is COc1ccc(-c2cnc(NN)cc2OCc2ccn(C)n2)cc1. The molecule has 3 N–H and O–H groups in total. The molecule has 3 aromatic rings. The predicted molar refractivity (Wildman–Crippen MR) is 91.6 cm³/mol. The van der Waals surface area contributed by atoms with Crippen LogP contribution in [0.4, 0.5) is 5.82 Å². The topological polar surface area (TPSA) is 87.2 Å². The van der Waals surface area contributed by atoms with Crippen molar-refractivity contribution in [2.24, 2.45) is 12.9 Å². The summed E-state index contributed by atoms with van der Waals surface area (Å²) < 4.78 is 12.9. The fraction of sp³-hybridized carbons (Fsp3) is 0.176. The highest BCUT2D eigenvalue weighted by Crippen LogP contribution is 2.32. The van der Waals surface area contributed by atoms with Crippen molar-refractivity contribution < 1.29 is 9.47 Å². The lowest BCUT2D eigenvalue weighted by Gasteiger charge is -2.12. The molecule has 0 amide bonds. The normalized spacial score (nSPS) is 10.5. The molecule has 124 valence electrons. The van der Waals surface area contributed by atoms with E-state index >= 15 is 0 Å². The highest BCUT2D eigenvalue weighted by molar-refractivity contribution is 5.71. The van der Waals surface area contributed by atoms with Gasteiger partial charge in [0.1, 0.15) is 23.9 Å². The highest BCUT2D eigenvalue weighted by Gasteiger charge is 2.10. The molecule has 0 aliphatic rings. The number of methoxy groups -OCH3 is 1. The Morgan fingerprint density at radius 2 is 2.00 bits per heavy atom. The number of anilines is 1. The first-order chi connectivity index (χ1) is 11.7. The molecule has 0 saturated carbocycles. The average molecular weight is 325 g/mol. The summed E-state index contributed by atoms with van der Waals surface area (Å²) in [5.41, 5.74) is 5.22. The summed E-state index contributed by atoms with van der Waals surface area (Å²) in [5.74, 6) is 7.46. The zero-order valence-corrected chi connectivity index (χ0v) is 13.6. The Balaban J connectivity index is 1.89. The van der Waals surface area contributed by atoms with Crippen LogP contribution >= 0.6 is 0 Å². The minimum Gasteiger partial charge on any atom is -0.497 e. The van der Waals surface area contributed by atoms with Crippen LogP contribution in [-0.2, 0) is 13.7 Å². The van der Waals surface area contributed by atoms with Crippen LogP contribution in [0.25, 0.3) is 11.1 Å². The minimum absolute atomic E-state index is 0.359. The number of nitrogen functional groups attached to an aromatic ring is 1. The van der Waals surface area contributed by atoms with Gasteiger partial charge < -0.3 is 14.9 Å². The molecule has 0 aliphatic heterocycles. The molecular formula is C17H19N5O2. The van der Waals surface area contributed by atoms with E-state index in [2.05, 4.69) is 15.5 Å². The second kappa shape index (κ2) is 7.01. The van der Waals surface area contributed by atoms with Gasteiger partial charge in [-0.25, -0.2) is 10.8 Å². The molecule has 1 aromatic carbocycles. The van der Waals surface area contributed by atoms with Crippen LogP contribution in [0.5, 0.6) is 11.5 Å². The molecule has 0 unspecified atom stereocenters. The molecule has 3 rings (SSSR count). The number of nitrogens with one attached hydrogen (secondary N) is 1. The summed E-state index contributed by atoms with van der Waals surface area (Å²) in [5, 5.41) is 4.31. The molecule has 0 radical (unpaired) electrons. The average Bonchev–Trinajstić information content (AvgIpc) is 3.05. The third-order valence-electron chi connectivity index (χ3n) is 3.56. The number of pyridine rings is 1. The fourth-order valence-corrected chi connectivity index (χ4v) is 2.31. The molecule has 0 atom stereocenters. The third-order valence-corrected chi connectivity index (χ3v) is 3.56. The largest absolute Gasteiger partial charge is 0.497 e. The third kappa shape index (κ3) is 3.47. The number of ether oxygens (including phenoxy) is 2. The Labute approximate surface area is 140 Å². The van der Waals surface area contributed by atoms with Crippen LogP contribution in [0, 0.1) is 0 Å². The van der Waals surface area contributed by atoms with Gasteiger partial charge in [0.15, 0.2) is 0 Å². The number of aromatic nitrogens is 3. The second-order valence-corrected chi connectivity index (χ2v) is 5.21. The number of hydrogen-bond acceptors (Lipinski definition) is 6. The Bertz CT molecular complexity index is 814. The molecule has 7 heteroatoms. The van der Waals surface area contributed by atoms with Crippen LogP contribution in [-0.4, -0.2) is 21.9 Å². The van der Waals surface area contributed by atoms with Crippen molar-refractivity contribution in [1.29, 1.82) is 0 Å². The number of nitrogens with two attached hydrogens (primary N) is 1. The van der Waals surface area contributed by atoms with Gasteiger partial charge in [0, 0.05) is 31.1 Å². The molecule has 0 aliphatic carbocycles. The first kappa shape index (κ1) is 15.8. The van der Waals surface area contributed by atoms with Gasteiger partial charge in [-0.15, -0.1) is 0 Å². The van der Waals surface area contributed by atoms with E-state index in [1.165, 1.54) is 0 Å². The minimum atomic E-state index is 0.359. The van der Waals surface area contributed by atoms with Crippen molar-refractivity contribution in [3.05, 3.63) is 54.5 Å². The van der Waals surface area contributed by atoms with Gasteiger partial charge in [-0.3, -0.25) is 4.68 Å². The zero-order chi connectivity index (χ0) is 16.9. The number of benzene rings is 1. The summed E-state index contributed by atoms with van der Waals surface area (Å²) in [6.07, 6.45) is 3.60. The summed E-state index contributed by atoms with van der Waals surface area (Å²) >= 11 is 0. The van der Waals surface area contributed by atoms with E-state index in [0.29, 0.717) is 18.2 Å². The number of nitrogens with zero attached hydrogens (tertiary/aromatic N) is 3. The van der Waals surface area contributed by atoms with Crippen LogP contribution in [0.1, 0.15) is 5.69 Å². The molecule has 2 heterocycles. The molecule has 0 bridgehead atoms. The molecule has 24 heavy (non-hydrogen) atoms. The number of aryl methyl sites for hydroxylation is 1. The van der Waals surface area contributed by atoms with E-state index in [4.69, 9.17) is 15.3 Å². The molecule has 2 aromatic heterocycles. The zero-order valence-electron chi connectivity index (χ0n) is 13.6. The van der Waals surface area contributed by atoms with Gasteiger partial charge in [-0.05, 0) is 23.8 Å². The molecule has 0 spiro atoms. The van der Waals surface area contributed by atoms with Gasteiger partial charge in [-0.2, -0.15) is 5.10 Å². The van der Waals surface area contributed by atoms with Crippen molar-refractivity contribution in [1.82, 2.24) is 14.8 Å². The number of rotatable bonds is 6. The fourth-order valence-electron chi connectivity index (χ4n) is 2.31. The van der Waals surface area contributed by atoms with Gasteiger partial charge >= 0.3 is 0 Å². The van der Waals surface area contributed by atoms with Crippen molar-refractivity contribution in [2.45, 2.75) is 6.61 Å². The summed E-state index contributed by atoms with van der Waals surface area (Å²) in [6, 6.07) is 11.4. The Morgan fingerprint density at radius 1 is 1.21 bits per heavy atom. The summed E-state index contributed by atoms with van der Waals surface area (Å²) in [7, 11) is 3.51. The van der Waals surface area contributed by atoms with Gasteiger partial charge in [-0.1, -0.05) is 12.1 Å². The molecule has 0 fully saturated rings. The van der Waals surface area contributed by atoms with Crippen molar-refractivity contribution >= 4 is 5.82 Å². The first-order valence-electron chi connectivity index (χ1n) is 7.42. The van der Waals surface area contributed by atoms with E-state index in [9.17, 15) is 0 Å². The molecule has 0 saturated heterocycles. The number of hydrogen-bond donors (Lipinski definition) is 2. The maximum absolute atomic E-state index is 5.95. The smallest absolute Gasteiger partial charge is 0.143 e. The summed E-state index contributed by atoms with van der Waals surface area (Å²) in [4.78, 5) is 4.27. The highest BCUT2D eigenvalue weighted by atomic mass is 16.5. The van der Waals surface area contributed by atoms with Crippen LogP contribution < -0.4 is 20.7 Å². The van der Waals surface area contributed by atoms with Crippen molar-refractivity contribution in [3.8, 4) is 22.6 Å². The quantitative estimate of drug-likeness (QED) is 0.534. The lowest BCUT2D eigenvalue weighted by molar-refractivity contribution is 0.301. The van der Waals surface area contributed by atoms with Crippen LogP contribution in [0.2, 0.25) is 0 Å². The Kier molecular flexibility index (Phi) is 4.62. The lowest BCUT2D eigenvalue weighted by Crippen LogP contribution is -2.09. The lowest BCUT2D eigenvalue weighted by atomic mass is 10.1. The second-order valence-electron chi connectivity index (χ2n) is 5.21. The standard InChI is InChI=1S/C17H19N5O2/c1-22-8-7-13(21-22)11-24-16-9-17(20-18)19-10-15(16)12-3-5-14(23-2)6-4-12/h3-10H,11,18H2,1-2H3,(H,19,20). The monoisotopic (exact) mass is 325 g/mol. The molecule has 7 nitrogen and oxygen atoms in total. The van der Waals surface area contributed by atoms with Gasteiger partial charge in [0.05, 0.1) is 12.8 Å². The van der Waals surface area contributed by atoms with E-state index in [0.717, 1.165) is 22.6 Å². The summed E-state index contributed by atoms with van der Waals surface area (Å²) in [6.45, 7) is 0.359. The van der Waals surface area contributed by atoms with Gasteiger partial charge in [0.2, 0.25) is 0 Å². The maximum Gasteiger partial charge on any atom is 0.143 e. The van der Waals surface area contributed by atoms with E-state index < -0.39 is 0 Å². The number of hydrazine groups is 1. The van der Waals surface area contributed by atoms with E-state index in [-0.39, 0.29) is 0 Å². The molecular weight excluding hydrogens is 306 g/mol. The van der Waals surface area contributed by atoms with E-state index in [1.807, 2.05) is 43.6 Å².